The normalized spacial score (nSPS) is 13.2. The van der Waals surface area contributed by atoms with Gasteiger partial charge in [-0.05, 0) is 81.9 Å². The fourth-order valence-electron chi connectivity index (χ4n) is 8.80. The van der Waals surface area contributed by atoms with Gasteiger partial charge in [0.2, 0.25) is 0 Å². The van der Waals surface area contributed by atoms with E-state index in [1.54, 1.807) is 0 Å². The second-order valence-corrected chi connectivity index (χ2v) is 13.6. The van der Waals surface area contributed by atoms with Crippen molar-refractivity contribution in [1.82, 2.24) is 0 Å². The third-order valence-electron chi connectivity index (χ3n) is 10.9. The molecular weight excluding hydrogens is 635 g/mol. The van der Waals surface area contributed by atoms with Crippen molar-refractivity contribution in [2.24, 2.45) is 0 Å². The lowest BCUT2D eigenvalue weighted by Crippen LogP contribution is -2.28. The van der Waals surface area contributed by atoms with E-state index in [0.29, 0.717) is 0 Å². The predicted octanol–water partition coefficient (Wildman–Crippen LogP) is 13.3. The van der Waals surface area contributed by atoms with Gasteiger partial charge in [0.1, 0.15) is 22.3 Å². The minimum Gasteiger partial charge on any atom is -0.456 e. The molecule has 0 N–H and O–H groups in total. The van der Waals surface area contributed by atoms with Gasteiger partial charge in [0, 0.05) is 33.6 Å². The van der Waals surface area contributed by atoms with Crippen LogP contribution in [0.25, 0.3) is 55.0 Å². The molecule has 8 aromatic carbocycles. The molecule has 0 spiro atoms. The Labute approximate surface area is 300 Å². The van der Waals surface area contributed by atoms with Crippen LogP contribution in [0.1, 0.15) is 22.3 Å². The maximum Gasteiger partial charge on any atom is 0.137 e. The molecule has 0 bridgehead atoms. The Balaban J connectivity index is 1.15. The van der Waals surface area contributed by atoms with Crippen LogP contribution in [0.2, 0.25) is 0 Å². The Kier molecular flexibility index (Phi) is 6.17. The van der Waals surface area contributed by atoms with Crippen LogP contribution in [-0.4, -0.2) is 0 Å². The fourth-order valence-corrected chi connectivity index (χ4v) is 8.80. The van der Waals surface area contributed by atoms with Crippen molar-refractivity contribution in [2.45, 2.75) is 5.41 Å². The zero-order valence-electron chi connectivity index (χ0n) is 28.2. The van der Waals surface area contributed by atoms with Gasteiger partial charge in [0.05, 0.1) is 16.5 Å². The quantitative estimate of drug-likeness (QED) is 0.183. The largest absolute Gasteiger partial charge is 0.456 e. The molecule has 11 rings (SSSR count). The van der Waals surface area contributed by atoms with Gasteiger partial charge in [-0.1, -0.05) is 133 Å². The number of furan rings is 2. The van der Waals surface area contributed by atoms with Crippen LogP contribution in [0.15, 0.2) is 197 Å². The number of hydrogen-bond donors (Lipinski definition) is 0. The van der Waals surface area contributed by atoms with Gasteiger partial charge in [0.25, 0.3) is 0 Å². The summed E-state index contributed by atoms with van der Waals surface area (Å²) in [5.74, 6) is 0. The summed E-state index contributed by atoms with van der Waals surface area (Å²) in [4.78, 5) is 2.31. The number of nitrogens with zero attached hydrogens (tertiary/aromatic N) is 1. The maximum atomic E-state index is 6.84. The average molecular weight is 666 g/mol. The van der Waals surface area contributed by atoms with Crippen molar-refractivity contribution in [2.75, 3.05) is 4.90 Å². The van der Waals surface area contributed by atoms with Gasteiger partial charge < -0.3 is 13.7 Å². The maximum absolute atomic E-state index is 6.84. The van der Waals surface area contributed by atoms with Crippen LogP contribution in [-0.2, 0) is 5.41 Å². The van der Waals surface area contributed by atoms with Gasteiger partial charge in [-0.25, -0.2) is 0 Å². The fraction of sp³-hybridized carbons (Fsp3) is 0.0204. The molecule has 2 aromatic heterocycles. The molecule has 0 amide bonds. The van der Waals surface area contributed by atoms with E-state index in [-0.39, 0.29) is 0 Å². The third-order valence-corrected chi connectivity index (χ3v) is 10.9. The van der Waals surface area contributed by atoms with E-state index in [4.69, 9.17) is 8.83 Å². The van der Waals surface area contributed by atoms with E-state index in [1.165, 1.54) is 33.4 Å². The molecule has 0 fully saturated rings. The summed E-state index contributed by atoms with van der Waals surface area (Å²) in [6.07, 6.45) is 0. The number of hydrogen-bond acceptors (Lipinski definition) is 3. The third kappa shape index (κ3) is 4.02. The average Bonchev–Trinajstić information content (AvgIpc) is 3.87. The first-order valence-corrected chi connectivity index (χ1v) is 17.8. The van der Waals surface area contributed by atoms with Crippen LogP contribution in [0.4, 0.5) is 17.1 Å². The minimum atomic E-state index is -0.498. The summed E-state index contributed by atoms with van der Waals surface area (Å²) in [6, 6.07) is 67.1. The zero-order valence-corrected chi connectivity index (χ0v) is 28.2. The zero-order chi connectivity index (χ0) is 34.2. The van der Waals surface area contributed by atoms with Crippen LogP contribution >= 0.6 is 0 Å². The van der Waals surface area contributed by atoms with E-state index >= 15 is 0 Å². The molecule has 0 radical (unpaired) electrons. The lowest BCUT2D eigenvalue weighted by Gasteiger charge is -2.33. The van der Waals surface area contributed by atoms with E-state index in [9.17, 15) is 0 Å². The number of benzene rings is 8. The van der Waals surface area contributed by atoms with Crippen LogP contribution in [0.3, 0.4) is 0 Å². The summed E-state index contributed by atoms with van der Waals surface area (Å²) in [7, 11) is 0. The molecule has 10 aromatic rings. The Morgan fingerprint density at radius 1 is 0.365 bits per heavy atom. The highest BCUT2D eigenvalue weighted by Gasteiger charge is 2.46. The predicted molar refractivity (Wildman–Crippen MR) is 213 cm³/mol. The second kappa shape index (κ2) is 11.1. The van der Waals surface area contributed by atoms with Crippen molar-refractivity contribution < 1.29 is 8.83 Å². The van der Waals surface area contributed by atoms with Crippen LogP contribution in [0.5, 0.6) is 0 Å². The van der Waals surface area contributed by atoms with Crippen molar-refractivity contribution >= 4 is 60.9 Å². The lowest BCUT2D eigenvalue weighted by atomic mass is 9.67. The molecule has 2 heterocycles. The summed E-state index contributed by atoms with van der Waals surface area (Å²) < 4.78 is 13.2. The first-order chi connectivity index (χ1) is 25.8. The van der Waals surface area contributed by atoms with E-state index in [1.807, 2.05) is 12.1 Å². The Morgan fingerprint density at radius 3 is 1.75 bits per heavy atom. The monoisotopic (exact) mass is 665 g/mol. The van der Waals surface area contributed by atoms with Crippen LogP contribution in [0, 0.1) is 0 Å². The molecule has 3 nitrogen and oxygen atoms in total. The number of rotatable bonds is 5. The highest BCUT2D eigenvalue weighted by atomic mass is 16.3. The van der Waals surface area contributed by atoms with Crippen LogP contribution < -0.4 is 4.90 Å². The summed E-state index contributed by atoms with van der Waals surface area (Å²) >= 11 is 0. The Bertz CT molecular complexity index is 2930. The molecule has 0 saturated heterocycles. The standard InChI is InChI=1S/C49H31NO2/c1-3-14-32(15-4-1)49(41-21-10-7-18-36(41)37-19-8-11-22-42(37)49)33-26-28-40-46(30-33)52-45-25-13-23-43(48(40)45)50(34-16-5-2-6-17-34)35-27-29-39-38-20-9-12-24-44(38)51-47(39)31-35/h1-31H. The molecule has 52 heavy (non-hydrogen) atoms. The molecule has 3 heteroatoms. The second-order valence-electron chi connectivity index (χ2n) is 13.6. The molecule has 1 aliphatic carbocycles. The van der Waals surface area contributed by atoms with Gasteiger partial charge in [0.15, 0.2) is 0 Å². The first-order valence-electron chi connectivity index (χ1n) is 17.8. The Morgan fingerprint density at radius 2 is 0.962 bits per heavy atom. The highest BCUT2D eigenvalue weighted by molar-refractivity contribution is 6.14. The molecule has 1 aliphatic rings. The summed E-state index contributed by atoms with van der Waals surface area (Å²) in [5, 5.41) is 4.37. The van der Waals surface area contributed by atoms with E-state index in [0.717, 1.165) is 60.9 Å². The molecule has 0 unspecified atom stereocenters. The minimum absolute atomic E-state index is 0.498. The van der Waals surface area contributed by atoms with E-state index in [2.05, 4.69) is 181 Å². The van der Waals surface area contributed by atoms with Gasteiger partial charge in [-0.3, -0.25) is 0 Å². The molecule has 244 valence electrons. The van der Waals surface area contributed by atoms with Crippen molar-refractivity contribution in [3.8, 4) is 11.1 Å². The van der Waals surface area contributed by atoms with E-state index < -0.39 is 5.41 Å². The topological polar surface area (TPSA) is 29.5 Å². The van der Waals surface area contributed by atoms with Crippen molar-refractivity contribution in [1.29, 1.82) is 0 Å². The van der Waals surface area contributed by atoms with Crippen molar-refractivity contribution in [3.63, 3.8) is 0 Å². The molecular formula is C49H31NO2. The molecule has 0 aliphatic heterocycles. The van der Waals surface area contributed by atoms with Gasteiger partial charge in [-0.15, -0.1) is 0 Å². The number of para-hydroxylation sites is 2. The first kappa shape index (κ1) is 28.9. The smallest absolute Gasteiger partial charge is 0.137 e. The molecule has 0 saturated carbocycles. The summed E-state index contributed by atoms with van der Waals surface area (Å²) in [6.45, 7) is 0. The lowest BCUT2D eigenvalue weighted by molar-refractivity contribution is 0.665. The number of fused-ring (bicyclic) bond motifs is 9. The molecule has 0 atom stereocenters. The van der Waals surface area contributed by atoms with Gasteiger partial charge >= 0.3 is 0 Å². The summed E-state index contributed by atoms with van der Waals surface area (Å²) in [5.41, 5.74) is 13.6. The highest BCUT2D eigenvalue weighted by Crippen LogP contribution is 2.56. The van der Waals surface area contributed by atoms with Gasteiger partial charge in [-0.2, -0.15) is 0 Å². The number of anilines is 3. The Hall–Kier alpha value is -6.84. The van der Waals surface area contributed by atoms with Crippen molar-refractivity contribution in [3.05, 3.63) is 210 Å². The SMILES string of the molecule is c1ccc(N(c2ccc3c(c2)oc2ccccc23)c2cccc3oc4cc(C5(c6ccccc6)c6ccccc6-c6ccccc65)ccc4c23)cc1.